The number of hydrogen-bond donors (Lipinski definition) is 1. The van der Waals surface area contributed by atoms with Crippen LogP contribution in [-0.4, -0.2) is 52.6 Å². The van der Waals surface area contributed by atoms with Gasteiger partial charge >= 0.3 is 12.5 Å². The van der Waals surface area contributed by atoms with Gasteiger partial charge in [-0.05, 0) is 91.9 Å². The molecule has 1 aliphatic rings. The number of likely N-dealkylation sites (tertiary alicyclic amines) is 1. The van der Waals surface area contributed by atoms with Crippen molar-refractivity contribution in [1.82, 2.24) is 14.7 Å². The van der Waals surface area contributed by atoms with E-state index in [4.69, 9.17) is 10.5 Å². The highest BCUT2D eigenvalue weighted by Gasteiger charge is 2.31. The van der Waals surface area contributed by atoms with Gasteiger partial charge in [-0.15, -0.1) is 13.2 Å². The molecule has 0 atom stereocenters. The number of rotatable bonds is 9. The summed E-state index contributed by atoms with van der Waals surface area (Å²) < 4.78 is 87.8. The number of primary amides is 1. The molecule has 3 aromatic carbocycles. The van der Waals surface area contributed by atoms with Gasteiger partial charge in [-0.1, -0.05) is 0 Å². The molecule has 1 fully saturated rings. The molecule has 0 unspecified atom stereocenters. The first-order valence-electron chi connectivity index (χ1n) is 14.4. The van der Waals surface area contributed by atoms with E-state index in [-0.39, 0.29) is 29.6 Å². The van der Waals surface area contributed by atoms with Gasteiger partial charge < -0.3 is 15.4 Å². The second-order valence-electron chi connectivity index (χ2n) is 11.1. The van der Waals surface area contributed by atoms with Gasteiger partial charge in [0.05, 0.1) is 17.7 Å². The number of aromatic nitrogens is 2. The maximum Gasteiger partial charge on any atom is 0.522 e. The average Bonchev–Trinajstić information content (AvgIpc) is 3.34. The second-order valence-corrected chi connectivity index (χ2v) is 11.1. The molecule has 0 spiro atoms. The van der Waals surface area contributed by atoms with E-state index in [1.165, 1.54) is 12.1 Å². The Morgan fingerprint density at radius 3 is 2.09 bits per heavy atom. The first-order valence-corrected chi connectivity index (χ1v) is 14.4. The zero-order valence-corrected chi connectivity index (χ0v) is 24.6. The van der Waals surface area contributed by atoms with Crippen molar-refractivity contribution in [3.8, 4) is 11.5 Å². The van der Waals surface area contributed by atoms with Crippen molar-refractivity contribution in [1.29, 1.82) is 0 Å². The largest absolute Gasteiger partial charge is 0.522 e. The smallest absolute Gasteiger partial charge is 0.457 e. The van der Waals surface area contributed by atoms with Crippen molar-refractivity contribution in [3.05, 3.63) is 88.6 Å². The topological polar surface area (TPSA) is 99.7 Å². The molecule has 2 amide bonds. The minimum absolute atomic E-state index is 0.0797. The van der Waals surface area contributed by atoms with Crippen LogP contribution < -0.4 is 10.5 Å². The average molecular weight is 649 g/mol. The molecule has 4 aromatic rings. The molecule has 1 aromatic heterocycles. The summed E-state index contributed by atoms with van der Waals surface area (Å²) in [6.07, 6.45) is -8.07. The molecule has 46 heavy (non-hydrogen) atoms. The Hall–Kier alpha value is -4.59. The molecule has 14 heteroatoms. The molecule has 0 aliphatic carbocycles. The molecular weight excluding hydrogens is 618 g/mol. The lowest BCUT2D eigenvalue weighted by Gasteiger charge is -2.32. The Labute approximate surface area is 259 Å². The van der Waals surface area contributed by atoms with E-state index in [1.807, 2.05) is 0 Å². The van der Waals surface area contributed by atoms with E-state index in [0.29, 0.717) is 65.9 Å². The van der Waals surface area contributed by atoms with Crippen LogP contribution in [0.4, 0.5) is 26.3 Å². The number of amides is 2. The predicted molar refractivity (Wildman–Crippen MR) is 155 cm³/mol. The van der Waals surface area contributed by atoms with Crippen LogP contribution >= 0.6 is 0 Å². The number of fused-ring (bicyclic) bond motifs is 1. The lowest BCUT2D eigenvalue weighted by atomic mass is 9.96. The highest BCUT2D eigenvalue weighted by Crippen LogP contribution is 2.32. The summed E-state index contributed by atoms with van der Waals surface area (Å²) in [7, 11) is 0. The number of nitrogens with zero attached hydrogens (tertiary/aromatic N) is 3. The fraction of sp³-hybridized carbons (Fsp3) is 0.344. The van der Waals surface area contributed by atoms with Gasteiger partial charge in [-0.25, -0.2) is 0 Å². The number of carbonyl (C=O) groups excluding carboxylic acids is 2. The first-order chi connectivity index (χ1) is 21.7. The molecule has 5 rings (SSSR count). The van der Waals surface area contributed by atoms with Crippen molar-refractivity contribution < 1.29 is 45.4 Å². The Bertz CT molecular complexity index is 1710. The Balaban J connectivity index is 1.22. The van der Waals surface area contributed by atoms with Crippen LogP contribution in [0.2, 0.25) is 0 Å². The standard InChI is InChI=1S/C32H30F6N4O4/c1-19-25(29(39)43)10-11-26-28(19)27(14-17-45-32(36,37)38)42(40-26)18-20-12-15-41(16-13-20)30(44)21-2-6-23(7-3-21)46-24-8-4-22(5-9-24)31(33,34)35/h2-11,20H,12-18H2,1H3,(H2,39,43). The van der Waals surface area contributed by atoms with E-state index in [1.54, 1.807) is 52.9 Å². The summed E-state index contributed by atoms with van der Waals surface area (Å²) in [5, 5.41) is 5.19. The zero-order valence-electron chi connectivity index (χ0n) is 24.6. The van der Waals surface area contributed by atoms with Crippen LogP contribution in [0.3, 0.4) is 0 Å². The minimum Gasteiger partial charge on any atom is -0.457 e. The van der Waals surface area contributed by atoms with Crippen molar-refractivity contribution in [2.75, 3.05) is 19.7 Å². The lowest BCUT2D eigenvalue weighted by molar-refractivity contribution is -0.324. The molecule has 0 bridgehead atoms. The van der Waals surface area contributed by atoms with E-state index >= 15 is 0 Å². The molecule has 8 nitrogen and oxygen atoms in total. The molecule has 1 aliphatic heterocycles. The molecule has 1 saturated heterocycles. The van der Waals surface area contributed by atoms with Gasteiger partial charge in [0, 0.05) is 48.3 Å². The van der Waals surface area contributed by atoms with Crippen molar-refractivity contribution in [2.45, 2.75) is 45.3 Å². The third-order valence-electron chi connectivity index (χ3n) is 7.99. The van der Waals surface area contributed by atoms with Crippen molar-refractivity contribution in [2.24, 2.45) is 11.7 Å². The van der Waals surface area contributed by atoms with Gasteiger partial charge in [0.25, 0.3) is 5.91 Å². The van der Waals surface area contributed by atoms with Crippen LogP contribution in [-0.2, 0) is 23.9 Å². The molecule has 2 N–H and O–H groups in total. The summed E-state index contributed by atoms with van der Waals surface area (Å²) >= 11 is 0. The maximum absolute atomic E-state index is 13.2. The van der Waals surface area contributed by atoms with Crippen LogP contribution in [0.25, 0.3) is 10.9 Å². The van der Waals surface area contributed by atoms with Crippen molar-refractivity contribution in [3.63, 3.8) is 0 Å². The van der Waals surface area contributed by atoms with Crippen LogP contribution in [0.15, 0.2) is 60.7 Å². The number of alkyl halides is 6. The van der Waals surface area contributed by atoms with E-state index in [2.05, 4.69) is 9.84 Å². The monoisotopic (exact) mass is 648 g/mol. The van der Waals surface area contributed by atoms with Gasteiger partial charge in [0.1, 0.15) is 11.5 Å². The number of benzene rings is 3. The summed E-state index contributed by atoms with van der Waals surface area (Å²) in [4.78, 5) is 26.8. The number of piperidine rings is 1. The Morgan fingerprint density at radius 1 is 0.913 bits per heavy atom. The highest BCUT2D eigenvalue weighted by molar-refractivity contribution is 6.00. The minimum atomic E-state index is -4.78. The number of ether oxygens (including phenoxy) is 2. The lowest BCUT2D eigenvalue weighted by Crippen LogP contribution is -2.39. The molecule has 0 radical (unpaired) electrons. The second kappa shape index (κ2) is 13.0. The van der Waals surface area contributed by atoms with E-state index in [9.17, 15) is 35.9 Å². The zero-order chi connectivity index (χ0) is 33.2. The van der Waals surface area contributed by atoms with Gasteiger partial charge in [-0.3, -0.25) is 19.0 Å². The molecule has 244 valence electrons. The quantitative estimate of drug-likeness (QED) is 0.200. The third-order valence-corrected chi connectivity index (χ3v) is 7.99. The molecule has 2 heterocycles. The normalized spacial score (nSPS) is 14.5. The van der Waals surface area contributed by atoms with Crippen LogP contribution in [0.1, 0.15) is 50.4 Å². The predicted octanol–water partition coefficient (Wildman–Crippen LogP) is 6.89. The summed E-state index contributed by atoms with van der Waals surface area (Å²) in [6.45, 7) is 2.36. The number of aryl methyl sites for hydroxylation is 1. The fourth-order valence-electron chi connectivity index (χ4n) is 5.66. The third kappa shape index (κ3) is 7.61. The number of carbonyl (C=O) groups is 2. The van der Waals surface area contributed by atoms with Crippen LogP contribution in [0, 0.1) is 12.8 Å². The summed E-state index contributed by atoms with van der Waals surface area (Å²) in [5.41, 5.74) is 6.97. The van der Waals surface area contributed by atoms with E-state index in [0.717, 1.165) is 12.1 Å². The van der Waals surface area contributed by atoms with Gasteiger partial charge in [-0.2, -0.15) is 18.3 Å². The summed E-state index contributed by atoms with van der Waals surface area (Å²) in [5.74, 6) is -0.182. The SMILES string of the molecule is Cc1c(C(N)=O)ccc2nn(CC3CCN(C(=O)c4ccc(Oc5ccc(C(F)(F)F)cc5)cc4)CC3)c(CCOC(F)(F)F)c12. The highest BCUT2D eigenvalue weighted by atomic mass is 19.4. The van der Waals surface area contributed by atoms with Gasteiger partial charge in [0.15, 0.2) is 0 Å². The number of halogens is 6. The van der Waals surface area contributed by atoms with E-state index < -0.39 is 30.6 Å². The molecular formula is C32H30F6N4O4. The van der Waals surface area contributed by atoms with Gasteiger partial charge in [0.2, 0.25) is 5.91 Å². The summed E-state index contributed by atoms with van der Waals surface area (Å²) in [6, 6.07) is 13.8. The Kier molecular flexibility index (Phi) is 9.29. The number of hydrogen-bond acceptors (Lipinski definition) is 5. The van der Waals surface area contributed by atoms with Crippen molar-refractivity contribution >= 4 is 22.7 Å². The maximum atomic E-state index is 13.2. The fourth-order valence-corrected chi connectivity index (χ4v) is 5.66. The first kappa shape index (κ1) is 32.8. The molecule has 0 saturated carbocycles. The van der Waals surface area contributed by atoms with Crippen LogP contribution in [0.5, 0.6) is 11.5 Å². The Morgan fingerprint density at radius 2 is 1.52 bits per heavy atom. The number of nitrogens with two attached hydrogens (primary N) is 1.